The molecule has 1 heteroatoms. The summed E-state index contributed by atoms with van der Waals surface area (Å²) < 4.78 is 6.62. The first-order valence-corrected chi connectivity index (χ1v) is 22.8. The lowest BCUT2D eigenvalue weighted by atomic mass is 9.49. The lowest BCUT2D eigenvalue weighted by Crippen LogP contribution is -2.50. The summed E-state index contributed by atoms with van der Waals surface area (Å²) in [5.41, 5.74) is 11.9. The van der Waals surface area contributed by atoms with Gasteiger partial charge < -0.3 is 4.42 Å². The molecule has 64 heavy (non-hydrogen) atoms. The van der Waals surface area contributed by atoms with Gasteiger partial charge in [0.05, 0.1) is 0 Å². The Labute approximate surface area is 373 Å². The van der Waals surface area contributed by atoms with Gasteiger partial charge in [-0.15, -0.1) is 0 Å². The lowest BCUT2D eigenvalue weighted by Gasteiger charge is -2.53. The Kier molecular flexibility index (Phi) is 7.54. The van der Waals surface area contributed by atoms with Crippen molar-refractivity contribution in [1.82, 2.24) is 0 Å². The summed E-state index contributed by atoms with van der Waals surface area (Å²) in [4.78, 5) is 0. The third-order valence-electron chi connectivity index (χ3n) is 15.1. The zero-order valence-corrected chi connectivity index (χ0v) is 37.2. The predicted molar refractivity (Wildman–Crippen MR) is 275 cm³/mol. The predicted octanol–water partition coefficient (Wildman–Crippen LogP) is 18.2. The molecule has 0 atom stereocenters. The molecule has 0 saturated heterocycles. The third-order valence-corrected chi connectivity index (χ3v) is 15.1. The van der Waals surface area contributed by atoms with Gasteiger partial charge in [-0.3, -0.25) is 0 Å². The van der Waals surface area contributed by atoms with Crippen molar-refractivity contribution in [2.45, 2.75) is 47.0 Å². The summed E-state index contributed by atoms with van der Waals surface area (Å²) in [6.07, 6.45) is 0. The highest BCUT2D eigenvalue weighted by Gasteiger charge is 2.59. The molecule has 0 fully saturated rings. The SMILES string of the molecule is CC(C)(C)C1(C(C)(C)C)c2cc(-c3c4ccccc4c(-c4ccc5oc6c7ccccc7ccc6c5c4)c4ccccc34)c3ccccc3c2-c2c1c1ccccc1c1ccccc21. The van der Waals surface area contributed by atoms with Crippen LogP contribution >= 0.6 is 0 Å². The van der Waals surface area contributed by atoms with E-state index in [1.54, 1.807) is 0 Å². The maximum atomic E-state index is 6.62. The van der Waals surface area contributed by atoms with Gasteiger partial charge in [0, 0.05) is 21.6 Å². The van der Waals surface area contributed by atoms with Crippen LogP contribution in [0.3, 0.4) is 0 Å². The molecule has 1 aliphatic rings. The minimum absolute atomic E-state index is 0.160. The van der Waals surface area contributed by atoms with Crippen LogP contribution in [-0.4, -0.2) is 0 Å². The maximum absolute atomic E-state index is 6.62. The fourth-order valence-corrected chi connectivity index (χ4v) is 13.1. The Bertz CT molecular complexity index is 3900. The topological polar surface area (TPSA) is 13.1 Å². The molecule has 0 bridgehead atoms. The molecule has 12 aromatic rings. The van der Waals surface area contributed by atoms with Gasteiger partial charge in [0.25, 0.3) is 0 Å². The van der Waals surface area contributed by atoms with Gasteiger partial charge in [0.15, 0.2) is 0 Å². The third kappa shape index (κ3) is 4.74. The number of hydrogen-bond acceptors (Lipinski definition) is 1. The van der Waals surface area contributed by atoms with Crippen LogP contribution in [0.4, 0.5) is 0 Å². The fraction of sp³-hybridized carbons (Fsp3) is 0.143. The minimum Gasteiger partial charge on any atom is -0.455 e. The number of benzene rings is 11. The van der Waals surface area contributed by atoms with Crippen LogP contribution in [0.25, 0.3) is 120 Å². The highest BCUT2D eigenvalue weighted by atomic mass is 16.3. The molecular weight excluding hydrogens is 773 g/mol. The second-order valence-corrected chi connectivity index (χ2v) is 20.3. The van der Waals surface area contributed by atoms with Crippen molar-refractivity contribution in [3.05, 3.63) is 193 Å². The summed E-state index contributed by atoms with van der Waals surface area (Å²) in [5.74, 6) is 0. The molecule has 0 amide bonds. The summed E-state index contributed by atoms with van der Waals surface area (Å²) >= 11 is 0. The van der Waals surface area contributed by atoms with Crippen LogP contribution in [0.15, 0.2) is 186 Å². The monoisotopic (exact) mass is 820 g/mol. The lowest BCUT2D eigenvalue weighted by molar-refractivity contribution is 0.0965. The van der Waals surface area contributed by atoms with E-state index in [2.05, 4.69) is 224 Å². The maximum Gasteiger partial charge on any atom is 0.143 e. The number of hydrogen-bond donors (Lipinski definition) is 0. The normalized spacial score (nSPS) is 13.9. The number of furan rings is 1. The molecule has 1 aliphatic carbocycles. The van der Waals surface area contributed by atoms with E-state index in [-0.39, 0.29) is 16.2 Å². The zero-order valence-electron chi connectivity index (χ0n) is 37.2. The van der Waals surface area contributed by atoms with E-state index in [1.807, 2.05) is 0 Å². The van der Waals surface area contributed by atoms with Crippen LogP contribution in [0, 0.1) is 10.8 Å². The first kappa shape index (κ1) is 37.3. The summed E-state index contributed by atoms with van der Waals surface area (Å²) in [5, 5.41) is 17.6. The van der Waals surface area contributed by atoms with E-state index in [0.29, 0.717) is 0 Å². The summed E-state index contributed by atoms with van der Waals surface area (Å²) in [7, 11) is 0. The Morgan fingerprint density at radius 1 is 0.344 bits per heavy atom. The molecule has 0 aliphatic heterocycles. The van der Waals surface area contributed by atoms with E-state index >= 15 is 0 Å². The Hall–Kier alpha value is -7.22. The average Bonchev–Trinajstić information content (AvgIpc) is 3.86. The van der Waals surface area contributed by atoms with Gasteiger partial charge in [-0.2, -0.15) is 0 Å². The molecule has 0 N–H and O–H groups in total. The Balaban J connectivity index is 1.17. The van der Waals surface area contributed by atoms with Crippen LogP contribution in [0.1, 0.15) is 52.7 Å². The van der Waals surface area contributed by atoms with Gasteiger partial charge in [0.1, 0.15) is 11.2 Å². The van der Waals surface area contributed by atoms with E-state index in [0.717, 1.165) is 27.3 Å². The number of fused-ring (bicyclic) bond motifs is 17. The van der Waals surface area contributed by atoms with Crippen LogP contribution in [0.5, 0.6) is 0 Å². The average molecular weight is 821 g/mol. The van der Waals surface area contributed by atoms with E-state index in [4.69, 9.17) is 4.42 Å². The largest absolute Gasteiger partial charge is 0.455 e. The van der Waals surface area contributed by atoms with Crippen LogP contribution in [-0.2, 0) is 5.41 Å². The second kappa shape index (κ2) is 12.9. The van der Waals surface area contributed by atoms with Crippen molar-refractivity contribution in [3.8, 4) is 33.4 Å². The van der Waals surface area contributed by atoms with Crippen molar-refractivity contribution in [1.29, 1.82) is 0 Å². The Morgan fingerprint density at radius 2 is 0.812 bits per heavy atom. The minimum atomic E-state index is -0.354. The first-order valence-electron chi connectivity index (χ1n) is 22.8. The molecule has 0 saturated carbocycles. The van der Waals surface area contributed by atoms with Gasteiger partial charge >= 0.3 is 0 Å². The molecule has 0 radical (unpaired) electrons. The highest BCUT2D eigenvalue weighted by Crippen LogP contribution is 2.69. The van der Waals surface area contributed by atoms with E-state index < -0.39 is 0 Å². The molecule has 1 nitrogen and oxygen atoms in total. The van der Waals surface area contributed by atoms with Gasteiger partial charge in [0.2, 0.25) is 0 Å². The number of rotatable bonds is 2. The molecule has 1 aromatic heterocycles. The van der Waals surface area contributed by atoms with Crippen molar-refractivity contribution >= 4 is 86.6 Å². The molecular formula is C63H48O. The summed E-state index contributed by atoms with van der Waals surface area (Å²) in [6, 6.07) is 68.3. The molecule has 0 unspecified atom stereocenters. The molecule has 306 valence electrons. The van der Waals surface area contributed by atoms with Crippen LogP contribution < -0.4 is 0 Å². The van der Waals surface area contributed by atoms with Crippen molar-refractivity contribution in [2.75, 3.05) is 0 Å². The van der Waals surface area contributed by atoms with E-state index in [1.165, 1.54) is 104 Å². The van der Waals surface area contributed by atoms with E-state index in [9.17, 15) is 0 Å². The van der Waals surface area contributed by atoms with Crippen LogP contribution in [0.2, 0.25) is 0 Å². The van der Waals surface area contributed by atoms with Gasteiger partial charge in [-0.05, 0) is 139 Å². The van der Waals surface area contributed by atoms with Crippen molar-refractivity contribution in [3.63, 3.8) is 0 Å². The Morgan fingerprint density at radius 3 is 1.41 bits per heavy atom. The smallest absolute Gasteiger partial charge is 0.143 e. The van der Waals surface area contributed by atoms with Crippen molar-refractivity contribution in [2.24, 2.45) is 10.8 Å². The molecule has 11 aromatic carbocycles. The van der Waals surface area contributed by atoms with Gasteiger partial charge in [-0.25, -0.2) is 0 Å². The fourth-order valence-electron chi connectivity index (χ4n) is 13.1. The zero-order chi connectivity index (χ0) is 43.3. The summed E-state index contributed by atoms with van der Waals surface area (Å²) in [6.45, 7) is 14.9. The molecule has 13 rings (SSSR count). The molecule has 0 spiro atoms. The quantitative estimate of drug-likeness (QED) is 0.125. The van der Waals surface area contributed by atoms with Gasteiger partial charge in [-0.1, -0.05) is 199 Å². The second-order valence-electron chi connectivity index (χ2n) is 20.3. The van der Waals surface area contributed by atoms with Crippen molar-refractivity contribution < 1.29 is 4.42 Å². The standard InChI is InChI=1S/C63H48O/c1-61(2,3)63(62(4,5)6)53-36-52(42-23-10-12-24-43(42)57(53)58-44-25-13-9-21-40(44)41-22-11-18-30-49(41)59(58)63)56-47-28-16-14-26-45(47)55(46-27-15-17-29-48(46)56)38-32-34-54-51(35-38)50-33-31-37-19-7-8-20-39(37)60(50)64-54/h7-36H,1-6H3. The first-order chi connectivity index (χ1) is 31.1. The highest BCUT2D eigenvalue weighted by molar-refractivity contribution is 6.27. The molecule has 1 heterocycles.